The van der Waals surface area contributed by atoms with E-state index in [2.05, 4.69) is 5.32 Å². The fraction of sp³-hybridized carbons (Fsp3) is 0.833. The highest BCUT2D eigenvalue weighted by molar-refractivity contribution is 6.68. The predicted octanol–water partition coefficient (Wildman–Crippen LogP) is 1.73. The largest absolute Gasteiger partial charge is 0.439 e. The van der Waals surface area contributed by atoms with Gasteiger partial charge in [-0.1, -0.05) is 34.8 Å². The quantitative estimate of drug-likeness (QED) is 0.776. The first-order chi connectivity index (χ1) is 5.91. The van der Waals surface area contributed by atoms with E-state index in [0.29, 0.717) is 0 Å². The van der Waals surface area contributed by atoms with Crippen LogP contribution in [-0.2, 0) is 9.47 Å². The molecule has 0 bridgehead atoms. The highest BCUT2D eigenvalue weighted by Crippen LogP contribution is 2.32. The number of hydrogen-bond acceptors (Lipinski definition) is 3. The van der Waals surface area contributed by atoms with E-state index < -0.39 is 16.0 Å². The van der Waals surface area contributed by atoms with Crippen molar-refractivity contribution in [3.8, 4) is 0 Å². The number of carbonyl (C=O) groups is 1. The van der Waals surface area contributed by atoms with Gasteiger partial charge >= 0.3 is 6.09 Å². The fourth-order valence-electron chi connectivity index (χ4n) is 0.535. The number of methoxy groups -OCH3 is 1. The van der Waals surface area contributed by atoms with Crippen molar-refractivity contribution in [3.63, 3.8) is 0 Å². The van der Waals surface area contributed by atoms with E-state index in [9.17, 15) is 4.79 Å². The maximum absolute atomic E-state index is 10.8. The minimum absolute atomic E-state index is 0.0178. The zero-order valence-corrected chi connectivity index (χ0v) is 9.41. The number of rotatable bonds is 3. The van der Waals surface area contributed by atoms with Gasteiger partial charge < -0.3 is 14.8 Å². The molecule has 1 N–H and O–H groups in total. The molecule has 0 aromatic heterocycles. The SMILES string of the molecule is CNC(=O)OC(COC)C(Cl)(Cl)Cl. The third-order valence-electron chi connectivity index (χ3n) is 1.14. The first-order valence-corrected chi connectivity index (χ1v) is 4.49. The molecule has 0 spiro atoms. The number of alkyl halides is 3. The van der Waals surface area contributed by atoms with Crippen LogP contribution in [0.2, 0.25) is 0 Å². The number of nitrogens with one attached hydrogen (secondary N) is 1. The summed E-state index contributed by atoms with van der Waals surface area (Å²) in [6, 6.07) is 0. The number of carbonyl (C=O) groups excluding carboxylic acids is 1. The van der Waals surface area contributed by atoms with E-state index in [1.54, 1.807) is 0 Å². The van der Waals surface area contributed by atoms with Gasteiger partial charge in [0.2, 0.25) is 3.79 Å². The summed E-state index contributed by atoms with van der Waals surface area (Å²) in [4.78, 5) is 10.8. The lowest BCUT2D eigenvalue weighted by Crippen LogP contribution is -2.37. The summed E-state index contributed by atoms with van der Waals surface area (Å²) in [5, 5.41) is 2.23. The second-order valence-electron chi connectivity index (χ2n) is 2.14. The van der Waals surface area contributed by atoms with Crippen molar-refractivity contribution in [3.05, 3.63) is 0 Å². The summed E-state index contributed by atoms with van der Waals surface area (Å²) in [6.07, 6.45) is -1.60. The number of amides is 1. The second kappa shape index (κ2) is 5.75. The third kappa shape index (κ3) is 5.41. The van der Waals surface area contributed by atoms with E-state index in [1.165, 1.54) is 14.2 Å². The van der Waals surface area contributed by atoms with Gasteiger partial charge in [-0.15, -0.1) is 0 Å². The number of halogens is 3. The standard InChI is InChI=1S/C6H10Cl3NO3/c1-10-5(11)13-4(3-12-2)6(7,8)9/h4H,3H2,1-2H3,(H,10,11). The first kappa shape index (κ1) is 13.1. The molecule has 0 aliphatic carbocycles. The molecule has 0 saturated carbocycles. The molecule has 0 aliphatic heterocycles. The molecule has 1 unspecified atom stereocenters. The van der Waals surface area contributed by atoms with E-state index in [1.807, 2.05) is 0 Å². The van der Waals surface area contributed by atoms with Crippen LogP contribution in [0.25, 0.3) is 0 Å². The van der Waals surface area contributed by atoms with Crippen LogP contribution in [0.1, 0.15) is 0 Å². The Kier molecular flexibility index (Phi) is 5.80. The van der Waals surface area contributed by atoms with E-state index in [0.717, 1.165) is 0 Å². The van der Waals surface area contributed by atoms with Crippen LogP contribution in [0.5, 0.6) is 0 Å². The molecule has 0 radical (unpaired) electrons. The van der Waals surface area contributed by atoms with Crippen LogP contribution in [0, 0.1) is 0 Å². The molecule has 1 amide bonds. The van der Waals surface area contributed by atoms with Crippen molar-refractivity contribution in [1.29, 1.82) is 0 Å². The molecule has 4 nitrogen and oxygen atoms in total. The third-order valence-corrected chi connectivity index (χ3v) is 1.87. The van der Waals surface area contributed by atoms with Gasteiger partial charge in [0, 0.05) is 14.2 Å². The van der Waals surface area contributed by atoms with Gasteiger partial charge in [0.1, 0.15) is 0 Å². The summed E-state index contributed by atoms with van der Waals surface area (Å²) < 4.78 is 7.76. The smallest absolute Gasteiger partial charge is 0.407 e. The summed E-state index contributed by atoms with van der Waals surface area (Å²) >= 11 is 16.6. The maximum Gasteiger partial charge on any atom is 0.407 e. The van der Waals surface area contributed by atoms with Gasteiger partial charge in [0.15, 0.2) is 6.10 Å². The van der Waals surface area contributed by atoms with Crippen LogP contribution in [0.15, 0.2) is 0 Å². The van der Waals surface area contributed by atoms with Crippen LogP contribution >= 0.6 is 34.8 Å². The Balaban J connectivity index is 4.18. The van der Waals surface area contributed by atoms with Crippen LogP contribution in [0.3, 0.4) is 0 Å². The van der Waals surface area contributed by atoms with Crippen molar-refractivity contribution in [1.82, 2.24) is 5.32 Å². The van der Waals surface area contributed by atoms with Crippen molar-refractivity contribution < 1.29 is 14.3 Å². The lowest BCUT2D eigenvalue weighted by molar-refractivity contribution is 0.0422. The van der Waals surface area contributed by atoms with Crippen LogP contribution in [0.4, 0.5) is 4.79 Å². The van der Waals surface area contributed by atoms with E-state index in [-0.39, 0.29) is 6.61 Å². The Hall–Kier alpha value is 0.1000. The van der Waals surface area contributed by atoms with Gasteiger partial charge in [-0.3, -0.25) is 0 Å². The minimum Gasteiger partial charge on any atom is -0.439 e. The molecular formula is C6H10Cl3NO3. The Morgan fingerprint density at radius 3 is 2.38 bits per heavy atom. The second-order valence-corrected chi connectivity index (χ2v) is 4.51. The van der Waals surface area contributed by atoms with Crippen LogP contribution in [-0.4, -0.2) is 36.8 Å². The Labute approximate surface area is 91.4 Å². The molecule has 0 saturated heterocycles. The van der Waals surface area contributed by atoms with Gasteiger partial charge in [-0.05, 0) is 0 Å². The molecule has 0 aromatic carbocycles. The summed E-state index contributed by atoms with van der Waals surface area (Å²) in [7, 11) is 2.82. The average Bonchev–Trinajstić information content (AvgIpc) is 2.01. The highest BCUT2D eigenvalue weighted by Gasteiger charge is 2.35. The zero-order valence-electron chi connectivity index (χ0n) is 7.14. The topological polar surface area (TPSA) is 47.6 Å². The van der Waals surface area contributed by atoms with Crippen LogP contribution < -0.4 is 5.32 Å². The normalized spacial score (nSPS) is 13.6. The molecule has 0 fully saturated rings. The Bertz CT molecular complexity index is 171. The van der Waals surface area contributed by atoms with Gasteiger partial charge in [-0.2, -0.15) is 0 Å². The monoisotopic (exact) mass is 249 g/mol. The lowest BCUT2D eigenvalue weighted by Gasteiger charge is -2.23. The minimum atomic E-state index is -1.69. The molecule has 1 atom stereocenters. The zero-order chi connectivity index (χ0) is 10.5. The first-order valence-electron chi connectivity index (χ1n) is 3.35. The number of alkyl carbamates (subject to hydrolysis) is 1. The van der Waals surface area contributed by atoms with E-state index in [4.69, 9.17) is 44.3 Å². The molecule has 0 rings (SSSR count). The molecule has 0 aliphatic rings. The molecular weight excluding hydrogens is 240 g/mol. The Morgan fingerprint density at radius 2 is 2.08 bits per heavy atom. The summed E-state index contributed by atoms with van der Waals surface area (Å²) in [6.45, 7) is 0.0178. The maximum atomic E-state index is 10.8. The molecule has 7 heteroatoms. The van der Waals surface area contributed by atoms with Crippen molar-refractivity contribution in [2.75, 3.05) is 20.8 Å². The fourth-order valence-corrected chi connectivity index (χ4v) is 0.857. The van der Waals surface area contributed by atoms with Crippen molar-refractivity contribution in [2.24, 2.45) is 0 Å². The highest BCUT2D eigenvalue weighted by atomic mass is 35.6. The lowest BCUT2D eigenvalue weighted by atomic mass is 10.4. The molecule has 0 heterocycles. The molecule has 13 heavy (non-hydrogen) atoms. The Morgan fingerprint density at radius 1 is 1.54 bits per heavy atom. The van der Waals surface area contributed by atoms with Crippen molar-refractivity contribution >= 4 is 40.9 Å². The van der Waals surface area contributed by atoms with Gasteiger partial charge in [0.25, 0.3) is 0 Å². The van der Waals surface area contributed by atoms with E-state index >= 15 is 0 Å². The predicted molar refractivity (Wildman–Crippen MR) is 51.5 cm³/mol. The summed E-state index contributed by atoms with van der Waals surface area (Å²) in [5.41, 5.74) is 0. The van der Waals surface area contributed by atoms with Gasteiger partial charge in [0.05, 0.1) is 6.61 Å². The van der Waals surface area contributed by atoms with Crippen molar-refractivity contribution in [2.45, 2.75) is 9.90 Å². The average molecular weight is 251 g/mol. The number of hydrogen-bond donors (Lipinski definition) is 1. The summed E-state index contributed by atoms with van der Waals surface area (Å²) in [5.74, 6) is 0. The van der Waals surface area contributed by atoms with Gasteiger partial charge in [-0.25, -0.2) is 4.79 Å². The molecule has 78 valence electrons. The number of ether oxygens (including phenoxy) is 2. The molecule has 0 aromatic rings.